The van der Waals surface area contributed by atoms with Crippen molar-refractivity contribution in [1.82, 2.24) is 8.54 Å². The number of rotatable bonds is 2. The molecule has 37 heavy (non-hydrogen) atoms. The molecule has 0 bridgehead atoms. The van der Waals surface area contributed by atoms with Crippen molar-refractivity contribution in [2.24, 2.45) is 0 Å². The Kier molecular flexibility index (Phi) is 4.01. The van der Waals surface area contributed by atoms with Crippen LogP contribution in [-0.2, 0) is 10.0 Å². The number of fused-ring (bicyclic) bond motifs is 8. The van der Waals surface area contributed by atoms with E-state index in [0.29, 0.717) is 21.7 Å². The predicted molar refractivity (Wildman–Crippen MR) is 150 cm³/mol. The van der Waals surface area contributed by atoms with Crippen LogP contribution in [0.5, 0.6) is 0 Å². The highest BCUT2D eigenvalue weighted by Crippen LogP contribution is 2.46. The van der Waals surface area contributed by atoms with Crippen LogP contribution in [0.4, 0.5) is 0 Å². The molecule has 0 saturated carbocycles. The average Bonchev–Trinajstić information content (AvgIpc) is 3.46. The van der Waals surface area contributed by atoms with Gasteiger partial charge in [-0.15, -0.1) is 0 Å². The second kappa shape index (κ2) is 7.21. The zero-order valence-corrected chi connectivity index (χ0v) is 20.5. The number of nitrogens with zero attached hydrogens (tertiary/aromatic N) is 2. The fraction of sp³-hybridized carbons (Fsp3) is 0. The molecule has 0 saturated heterocycles. The Morgan fingerprint density at radius 2 is 1.05 bits per heavy atom. The predicted octanol–water partition coefficient (Wildman–Crippen LogP) is 7.62. The van der Waals surface area contributed by atoms with E-state index < -0.39 is 10.0 Å². The Bertz CT molecular complexity index is 2140. The minimum Gasteiger partial charge on any atom is -0.293 e. The normalized spacial score (nSPS) is 13.8. The first-order valence-electron chi connectivity index (χ1n) is 12.2. The highest BCUT2D eigenvalue weighted by molar-refractivity contribution is 7.90. The molecule has 2 aromatic heterocycles. The van der Waals surface area contributed by atoms with Gasteiger partial charge in [-0.05, 0) is 58.7 Å². The van der Waals surface area contributed by atoms with Gasteiger partial charge in [0.2, 0.25) is 0 Å². The van der Waals surface area contributed by atoms with Gasteiger partial charge in [0, 0.05) is 16.2 Å². The van der Waals surface area contributed by atoms with Crippen LogP contribution in [0.2, 0.25) is 0 Å². The highest BCUT2D eigenvalue weighted by atomic mass is 32.2. The molecule has 4 nitrogen and oxygen atoms in total. The molecule has 0 unspecified atom stereocenters. The second-order valence-corrected chi connectivity index (χ2v) is 11.2. The van der Waals surface area contributed by atoms with Crippen molar-refractivity contribution in [2.75, 3.05) is 0 Å². The molecule has 0 aliphatic carbocycles. The molecule has 5 heteroatoms. The van der Waals surface area contributed by atoms with Crippen molar-refractivity contribution in [3.63, 3.8) is 0 Å². The number of benzene rings is 5. The quantitative estimate of drug-likeness (QED) is 0.247. The van der Waals surface area contributed by atoms with Gasteiger partial charge in [0.25, 0.3) is 10.0 Å². The van der Waals surface area contributed by atoms with Crippen molar-refractivity contribution in [1.29, 1.82) is 0 Å². The fourth-order valence-electron chi connectivity index (χ4n) is 5.83. The Balaban J connectivity index is 1.58. The molecule has 0 amide bonds. The molecule has 7 aromatic rings. The Labute approximate surface area is 213 Å². The smallest absolute Gasteiger partial charge is 0.271 e. The van der Waals surface area contributed by atoms with Crippen molar-refractivity contribution in [2.45, 2.75) is 4.90 Å². The van der Waals surface area contributed by atoms with Crippen LogP contribution >= 0.6 is 0 Å². The third kappa shape index (κ3) is 2.69. The van der Waals surface area contributed by atoms with Gasteiger partial charge in [0.1, 0.15) is 10.5 Å². The lowest BCUT2D eigenvalue weighted by molar-refractivity contribution is 0.587. The Morgan fingerprint density at radius 1 is 0.514 bits per heavy atom. The first-order chi connectivity index (χ1) is 18.1. The second-order valence-electron chi connectivity index (χ2n) is 9.47. The van der Waals surface area contributed by atoms with Crippen molar-refractivity contribution in [3.05, 3.63) is 121 Å². The summed E-state index contributed by atoms with van der Waals surface area (Å²) in [5, 5.41) is 2.93. The fourth-order valence-corrected chi connectivity index (χ4v) is 7.52. The average molecular weight is 497 g/mol. The van der Waals surface area contributed by atoms with Crippen LogP contribution in [0.1, 0.15) is 0 Å². The van der Waals surface area contributed by atoms with Crippen LogP contribution in [0.15, 0.2) is 126 Å². The van der Waals surface area contributed by atoms with Crippen LogP contribution in [-0.4, -0.2) is 17.0 Å². The summed E-state index contributed by atoms with van der Waals surface area (Å²) in [6, 6.07) is 40.3. The molecule has 0 radical (unpaired) electrons. The van der Waals surface area contributed by atoms with Gasteiger partial charge in [-0.2, -0.15) is 0 Å². The third-order valence-electron chi connectivity index (χ3n) is 7.46. The molecule has 3 heterocycles. The molecule has 0 spiro atoms. The van der Waals surface area contributed by atoms with Crippen LogP contribution in [0, 0.1) is 0 Å². The molecule has 1 aliphatic rings. The maximum atomic E-state index is 14.0. The molecule has 176 valence electrons. The van der Waals surface area contributed by atoms with E-state index in [0.717, 1.165) is 43.9 Å². The van der Waals surface area contributed by atoms with E-state index in [1.165, 1.54) is 3.97 Å². The molecular weight excluding hydrogens is 476 g/mol. The molecule has 0 atom stereocenters. The molecule has 0 fully saturated rings. The molecular formula is C32H20N2O2S. The minimum atomic E-state index is -3.78. The van der Waals surface area contributed by atoms with E-state index in [1.54, 1.807) is 12.1 Å². The third-order valence-corrected chi connectivity index (χ3v) is 9.21. The van der Waals surface area contributed by atoms with Crippen LogP contribution in [0.3, 0.4) is 0 Å². The summed E-state index contributed by atoms with van der Waals surface area (Å²) in [6.45, 7) is 0. The molecule has 0 N–H and O–H groups in total. The summed E-state index contributed by atoms with van der Waals surface area (Å²) in [5.41, 5.74) is 7.45. The Morgan fingerprint density at radius 3 is 1.70 bits per heavy atom. The lowest BCUT2D eigenvalue weighted by Gasteiger charge is -2.21. The summed E-state index contributed by atoms with van der Waals surface area (Å²) in [5.74, 6) is 0. The number of hydrogen-bond donors (Lipinski definition) is 0. The zero-order chi connectivity index (χ0) is 24.7. The largest absolute Gasteiger partial charge is 0.293 e. The first-order valence-corrected chi connectivity index (χ1v) is 13.7. The summed E-state index contributed by atoms with van der Waals surface area (Å²) in [4.78, 5) is 0.318. The highest BCUT2D eigenvalue weighted by Gasteiger charge is 2.35. The summed E-state index contributed by atoms with van der Waals surface area (Å²) < 4.78 is 31.7. The van der Waals surface area contributed by atoms with Gasteiger partial charge in [0.05, 0.1) is 16.7 Å². The number of aromatic nitrogens is 2. The SMILES string of the molecule is O=S1(=O)c2ccccc2-n2c3ccc(-c4ccccc4)cc3c3c4cc(-c5ccccc5)ccc4n1c32. The first kappa shape index (κ1) is 20.6. The van der Waals surface area contributed by atoms with E-state index in [-0.39, 0.29) is 0 Å². The van der Waals surface area contributed by atoms with Gasteiger partial charge >= 0.3 is 0 Å². The molecule has 8 rings (SSSR count). The summed E-state index contributed by atoms with van der Waals surface area (Å²) in [7, 11) is -3.78. The van der Waals surface area contributed by atoms with Crippen molar-refractivity contribution in [3.8, 4) is 27.9 Å². The van der Waals surface area contributed by atoms with E-state index in [1.807, 2.05) is 60.7 Å². The summed E-state index contributed by atoms with van der Waals surface area (Å²) >= 11 is 0. The maximum absolute atomic E-state index is 14.0. The lowest BCUT2D eigenvalue weighted by atomic mass is 10.0. The van der Waals surface area contributed by atoms with E-state index >= 15 is 0 Å². The van der Waals surface area contributed by atoms with E-state index in [9.17, 15) is 8.42 Å². The standard InChI is InChI=1S/C32H20N2O2S/c35-37(36)30-14-8-7-13-29(30)33-27-17-15-23(21-9-3-1-4-10-21)19-25(27)31-26-20-24(22-11-5-2-6-12-22)16-18-28(26)34(37)32(31)33/h1-20H. The number of para-hydroxylation sites is 1. The molecule has 1 aliphatic heterocycles. The molecule has 5 aromatic carbocycles. The van der Waals surface area contributed by atoms with Gasteiger partial charge < -0.3 is 0 Å². The van der Waals surface area contributed by atoms with Gasteiger partial charge in [-0.25, -0.2) is 12.4 Å². The van der Waals surface area contributed by atoms with Crippen LogP contribution < -0.4 is 0 Å². The Hall–Kier alpha value is -4.61. The van der Waals surface area contributed by atoms with Gasteiger partial charge in [-0.1, -0.05) is 84.9 Å². The maximum Gasteiger partial charge on any atom is 0.271 e. The van der Waals surface area contributed by atoms with Gasteiger partial charge in [-0.3, -0.25) is 4.57 Å². The minimum absolute atomic E-state index is 0.318. The van der Waals surface area contributed by atoms with Crippen molar-refractivity contribution < 1.29 is 8.42 Å². The zero-order valence-electron chi connectivity index (χ0n) is 19.7. The lowest BCUT2D eigenvalue weighted by Crippen LogP contribution is -2.21. The van der Waals surface area contributed by atoms with Crippen molar-refractivity contribution >= 4 is 42.9 Å². The topological polar surface area (TPSA) is 44.0 Å². The monoisotopic (exact) mass is 496 g/mol. The summed E-state index contributed by atoms with van der Waals surface area (Å²) in [6.07, 6.45) is 0. The van der Waals surface area contributed by atoms with Gasteiger partial charge in [0.15, 0.2) is 0 Å². The number of hydrogen-bond acceptors (Lipinski definition) is 2. The van der Waals surface area contributed by atoms with E-state index in [4.69, 9.17) is 0 Å². The van der Waals surface area contributed by atoms with Crippen LogP contribution in [0.25, 0.3) is 60.8 Å². The van der Waals surface area contributed by atoms with E-state index in [2.05, 4.69) is 53.1 Å².